The van der Waals surface area contributed by atoms with Gasteiger partial charge in [-0.3, -0.25) is 5.32 Å². The zero-order chi connectivity index (χ0) is 23.4. The second kappa shape index (κ2) is 9.29. The number of aromatic nitrogens is 3. The standard InChI is InChI=1S/C22H23F3N4O3/c1-4-13-21(2,3)32-20(30)27-16-7-5-15(6-8-16)19-26-14-29(28-19)17-9-11-18(12-10-17)31-22(23,24)25/h5-12,14H,4,13H2,1-3H3,(H,27,30). The summed E-state index contributed by atoms with van der Waals surface area (Å²) in [5.74, 6) is 0.0973. The van der Waals surface area contributed by atoms with E-state index in [0.29, 0.717) is 22.8 Å². The minimum Gasteiger partial charge on any atom is -0.443 e. The first-order chi connectivity index (χ1) is 15.0. The molecule has 0 aliphatic rings. The van der Waals surface area contributed by atoms with Gasteiger partial charge in [-0.15, -0.1) is 18.3 Å². The maximum absolute atomic E-state index is 12.3. The third-order valence-electron chi connectivity index (χ3n) is 4.44. The molecule has 0 radical (unpaired) electrons. The van der Waals surface area contributed by atoms with E-state index in [1.807, 2.05) is 20.8 Å². The SMILES string of the molecule is CCCC(C)(C)OC(=O)Nc1ccc(-c2ncn(-c3ccc(OC(F)(F)F)cc3)n2)cc1. The largest absolute Gasteiger partial charge is 0.573 e. The summed E-state index contributed by atoms with van der Waals surface area (Å²) in [5.41, 5.74) is 1.23. The van der Waals surface area contributed by atoms with E-state index in [1.54, 1.807) is 24.3 Å². The average Bonchev–Trinajstić information content (AvgIpc) is 3.17. The zero-order valence-corrected chi connectivity index (χ0v) is 17.8. The number of nitrogens with zero attached hydrogens (tertiary/aromatic N) is 3. The summed E-state index contributed by atoms with van der Waals surface area (Å²) in [6, 6.07) is 12.2. The van der Waals surface area contributed by atoms with Crippen molar-refractivity contribution >= 4 is 11.8 Å². The highest BCUT2D eigenvalue weighted by molar-refractivity contribution is 5.85. The van der Waals surface area contributed by atoms with Crippen molar-refractivity contribution in [1.82, 2.24) is 14.8 Å². The number of alkyl halides is 3. The highest BCUT2D eigenvalue weighted by Crippen LogP contribution is 2.24. The molecule has 0 unspecified atom stereocenters. The van der Waals surface area contributed by atoms with Gasteiger partial charge in [0.15, 0.2) is 5.82 Å². The first-order valence-electron chi connectivity index (χ1n) is 9.93. The summed E-state index contributed by atoms with van der Waals surface area (Å²) in [4.78, 5) is 16.3. The first kappa shape index (κ1) is 23.1. The van der Waals surface area contributed by atoms with E-state index < -0.39 is 18.1 Å². The fraction of sp³-hybridized carbons (Fsp3) is 0.318. The number of carbonyl (C=O) groups is 1. The number of rotatable bonds is 7. The van der Waals surface area contributed by atoms with E-state index in [4.69, 9.17) is 4.74 Å². The van der Waals surface area contributed by atoms with Crippen molar-refractivity contribution in [1.29, 1.82) is 0 Å². The van der Waals surface area contributed by atoms with Gasteiger partial charge >= 0.3 is 12.5 Å². The lowest BCUT2D eigenvalue weighted by Gasteiger charge is -2.24. The summed E-state index contributed by atoms with van der Waals surface area (Å²) in [6.45, 7) is 5.74. The molecule has 0 saturated heterocycles. The fourth-order valence-electron chi connectivity index (χ4n) is 3.07. The molecule has 0 saturated carbocycles. The summed E-state index contributed by atoms with van der Waals surface area (Å²) < 4.78 is 47.6. The normalized spacial score (nSPS) is 11.8. The summed E-state index contributed by atoms with van der Waals surface area (Å²) >= 11 is 0. The Kier molecular flexibility index (Phi) is 6.71. The molecule has 10 heteroatoms. The van der Waals surface area contributed by atoms with E-state index in [1.165, 1.54) is 35.3 Å². The number of hydrogen-bond donors (Lipinski definition) is 1. The van der Waals surface area contributed by atoms with E-state index in [-0.39, 0.29) is 5.75 Å². The summed E-state index contributed by atoms with van der Waals surface area (Å²) in [6.07, 6.45) is -2.16. The number of benzene rings is 2. The Morgan fingerprint density at radius 2 is 1.72 bits per heavy atom. The molecule has 1 amide bonds. The van der Waals surface area contributed by atoms with Crippen LogP contribution in [0, 0.1) is 0 Å². The smallest absolute Gasteiger partial charge is 0.443 e. The predicted octanol–water partition coefficient (Wildman–Crippen LogP) is 5.96. The minimum absolute atomic E-state index is 0.318. The number of nitrogens with one attached hydrogen (secondary N) is 1. The van der Waals surface area contributed by atoms with Gasteiger partial charge in [0.25, 0.3) is 0 Å². The van der Waals surface area contributed by atoms with Gasteiger partial charge in [0.1, 0.15) is 17.7 Å². The van der Waals surface area contributed by atoms with E-state index in [2.05, 4.69) is 20.1 Å². The molecule has 3 aromatic rings. The van der Waals surface area contributed by atoms with Crippen LogP contribution in [0.4, 0.5) is 23.7 Å². The monoisotopic (exact) mass is 448 g/mol. The van der Waals surface area contributed by atoms with Crippen molar-refractivity contribution in [3.8, 4) is 22.8 Å². The van der Waals surface area contributed by atoms with Crippen LogP contribution in [0.5, 0.6) is 5.75 Å². The maximum atomic E-state index is 12.3. The maximum Gasteiger partial charge on any atom is 0.573 e. The molecule has 0 atom stereocenters. The quantitative estimate of drug-likeness (QED) is 0.483. The van der Waals surface area contributed by atoms with E-state index >= 15 is 0 Å². The highest BCUT2D eigenvalue weighted by Gasteiger charge is 2.31. The predicted molar refractivity (Wildman–Crippen MR) is 113 cm³/mol. The third-order valence-corrected chi connectivity index (χ3v) is 4.44. The van der Waals surface area contributed by atoms with Crippen molar-refractivity contribution in [2.75, 3.05) is 5.32 Å². The van der Waals surface area contributed by atoms with Gasteiger partial charge in [-0.05, 0) is 68.8 Å². The van der Waals surface area contributed by atoms with E-state index in [0.717, 1.165) is 12.8 Å². The Labute approximate surface area is 183 Å². The molecule has 7 nitrogen and oxygen atoms in total. The summed E-state index contributed by atoms with van der Waals surface area (Å²) in [5, 5.41) is 7.03. The number of amides is 1. The Morgan fingerprint density at radius 1 is 1.06 bits per heavy atom. The second-order valence-corrected chi connectivity index (χ2v) is 7.66. The molecule has 0 fully saturated rings. The Morgan fingerprint density at radius 3 is 2.31 bits per heavy atom. The molecule has 0 aliphatic heterocycles. The van der Waals surface area contributed by atoms with Crippen LogP contribution in [-0.2, 0) is 4.74 Å². The molecule has 0 aliphatic carbocycles. The average molecular weight is 448 g/mol. The Balaban J connectivity index is 1.64. The molecule has 0 spiro atoms. The molecule has 1 N–H and O–H groups in total. The highest BCUT2D eigenvalue weighted by atomic mass is 19.4. The minimum atomic E-state index is -4.74. The van der Waals surface area contributed by atoms with Crippen LogP contribution in [0.25, 0.3) is 17.1 Å². The lowest BCUT2D eigenvalue weighted by atomic mass is 10.0. The molecule has 1 heterocycles. The molecule has 3 rings (SSSR count). The van der Waals surface area contributed by atoms with Gasteiger partial charge < -0.3 is 9.47 Å². The Bertz CT molecular complexity index is 1050. The number of halogens is 3. The van der Waals surface area contributed by atoms with Crippen LogP contribution in [0.2, 0.25) is 0 Å². The first-order valence-corrected chi connectivity index (χ1v) is 9.93. The fourth-order valence-corrected chi connectivity index (χ4v) is 3.07. The van der Waals surface area contributed by atoms with Gasteiger partial charge in [-0.1, -0.05) is 13.3 Å². The van der Waals surface area contributed by atoms with Crippen molar-refractivity contribution < 1.29 is 27.4 Å². The topological polar surface area (TPSA) is 78.3 Å². The van der Waals surface area contributed by atoms with Crippen LogP contribution < -0.4 is 10.1 Å². The van der Waals surface area contributed by atoms with Crippen molar-refractivity contribution in [3.05, 3.63) is 54.9 Å². The van der Waals surface area contributed by atoms with Crippen LogP contribution in [-0.4, -0.2) is 32.8 Å². The van der Waals surface area contributed by atoms with Gasteiger partial charge in [-0.2, -0.15) is 0 Å². The Hall–Kier alpha value is -3.56. The van der Waals surface area contributed by atoms with Crippen LogP contribution >= 0.6 is 0 Å². The van der Waals surface area contributed by atoms with Gasteiger partial charge in [0.2, 0.25) is 0 Å². The van der Waals surface area contributed by atoms with Crippen molar-refractivity contribution in [3.63, 3.8) is 0 Å². The molecule has 2 aromatic carbocycles. The second-order valence-electron chi connectivity index (χ2n) is 7.66. The number of ether oxygens (including phenoxy) is 2. The third kappa shape index (κ3) is 6.47. The number of anilines is 1. The number of carbonyl (C=O) groups excluding carboxylic acids is 1. The molecule has 1 aromatic heterocycles. The molecule has 32 heavy (non-hydrogen) atoms. The van der Waals surface area contributed by atoms with Gasteiger partial charge in [0.05, 0.1) is 5.69 Å². The van der Waals surface area contributed by atoms with Gasteiger partial charge in [-0.25, -0.2) is 14.5 Å². The van der Waals surface area contributed by atoms with Crippen molar-refractivity contribution in [2.24, 2.45) is 0 Å². The van der Waals surface area contributed by atoms with Crippen LogP contribution in [0.15, 0.2) is 54.9 Å². The number of hydrogen-bond acceptors (Lipinski definition) is 5. The lowest BCUT2D eigenvalue weighted by molar-refractivity contribution is -0.274. The van der Waals surface area contributed by atoms with Gasteiger partial charge in [0, 0.05) is 11.3 Å². The molecular formula is C22H23F3N4O3. The zero-order valence-electron chi connectivity index (χ0n) is 17.8. The lowest BCUT2D eigenvalue weighted by Crippen LogP contribution is -2.30. The van der Waals surface area contributed by atoms with E-state index in [9.17, 15) is 18.0 Å². The molecule has 170 valence electrons. The summed E-state index contributed by atoms with van der Waals surface area (Å²) in [7, 11) is 0. The van der Waals surface area contributed by atoms with Crippen molar-refractivity contribution in [2.45, 2.75) is 45.6 Å². The molecular weight excluding hydrogens is 425 g/mol. The van der Waals surface area contributed by atoms with Crippen LogP contribution in [0.3, 0.4) is 0 Å². The van der Waals surface area contributed by atoms with Crippen LogP contribution in [0.1, 0.15) is 33.6 Å². The molecule has 0 bridgehead atoms.